The summed E-state index contributed by atoms with van der Waals surface area (Å²) in [6.07, 6.45) is 0. The fourth-order valence-electron chi connectivity index (χ4n) is 3.42. The summed E-state index contributed by atoms with van der Waals surface area (Å²) < 4.78 is 13.5. The summed E-state index contributed by atoms with van der Waals surface area (Å²) in [5.74, 6) is -0.0573. The molecule has 5 nitrogen and oxygen atoms in total. The fraction of sp³-hybridized carbons (Fsp3) is 0.261. The number of amides is 1. The highest BCUT2D eigenvalue weighted by Gasteiger charge is 2.21. The number of thioether (sulfide) groups is 1. The van der Waals surface area contributed by atoms with E-state index in [4.69, 9.17) is 4.98 Å². The van der Waals surface area contributed by atoms with Crippen molar-refractivity contribution in [3.63, 3.8) is 0 Å². The van der Waals surface area contributed by atoms with Crippen molar-refractivity contribution in [3.8, 4) is 27.8 Å². The second-order valence-electron chi connectivity index (χ2n) is 7.30. The Hall–Kier alpha value is -2.73. The Morgan fingerprint density at radius 3 is 2.61 bits per heavy atom. The Labute approximate surface area is 189 Å². The lowest BCUT2D eigenvalue weighted by Gasteiger charge is -2.32. The van der Waals surface area contributed by atoms with E-state index >= 15 is 0 Å². The summed E-state index contributed by atoms with van der Waals surface area (Å²) in [5, 5.41) is 12.4. The average molecular weight is 453 g/mol. The third kappa shape index (κ3) is 4.96. The van der Waals surface area contributed by atoms with Crippen molar-refractivity contribution < 1.29 is 9.18 Å². The molecule has 3 heterocycles. The molecule has 1 fully saturated rings. The van der Waals surface area contributed by atoms with Gasteiger partial charge in [0, 0.05) is 31.7 Å². The molecule has 0 spiro atoms. The topological polar surface area (TPSA) is 60.2 Å². The van der Waals surface area contributed by atoms with Gasteiger partial charge in [0.05, 0.1) is 21.9 Å². The number of aromatic nitrogens is 1. The molecule has 1 aromatic carbocycles. The van der Waals surface area contributed by atoms with E-state index in [2.05, 4.69) is 11.0 Å². The first kappa shape index (κ1) is 21.5. The fourth-order valence-corrected chi connectivity index (χ4v) is 5.01. The number of halogens is 1. The van der Waals surface area contributed by atoms with Gasteiger partial charge in [0.15, 0.2) is 0 Å². The van der Waals surface area contributed by atoms with E-state index in [1.54, 1.807) is 23.5 Å². The summed E-state index contributed by atoms with van der Waals surface area (Å²) in [4.78, 5) is 22.5. The first-order valence-corrected chi connectivity index (χ1v) is 11.8. The molecule has 0 aliphatic carbocycles. The molecule has 158 valence electrons. The number of rotatable bonds is 5. The van der Waals surface area contributed by atoms with E-state index in [0.29, 0.717) is 29.2 Å². The highest BCUT2D eigenvalue weighted by atomic mass is 32.2. The van der Waals surface area contributed by atoms with Gasteiger partial charge in [-0.05, 0) is 42.3 Å². The zero-order valence-corrected chi connectivity index (χ0v) is 18.7. The molecule has 2 aromatic heterocycles. The van der Waals surface area contributed by atoms with Crippen LogP contribution in [-0.4, -0.2) is 59.7 Å². The van der Waals surface area contributed by atoms with Gasteiger partial charge in [-0.3, -0.25) is 4.79 Å². The smallest absolute Gasteiger partial charge is 0.233 e. The van der Waals surface area contributed by atoms with Crippen LogP contribution in [0.2, 0.25) is 0 Å². The van der Waals surface area contributed by atoms with Crippen molar-refractivity contribution in [2.45, 2.75) is 5.03 Å². The Kier molecular flexibility index (Phi) is 6.66. The summed E-state index contributed by atoms with van der Waals surface area (Å²) in [5.41, 5.74) is 2.58. The van der Waals surface area contributed by atoms with E-state index in [-0.39, 0.29) is 17.5 Å². The highest BCUT2D eigenvalue weighted by Crippen LogP contribution is 2.35. The first-order chi connectivity index (χ1) is 15.0. The number of piperazine rings is 1. The number of nitrogens with zero attached hydrogens (tertiary/aromatic N) is 4. The standard InChI is InChI=1S/C23H21FN4OS2/c1-27-8-10-28(11-9-27)22(29)15-31-23-19(14-25)18(16-4-6-17(24)7-5-16)13-20(26-23)21-3-2-12-30-21/h2-7,12-13H,8-11,15H2,1H3. The second kappa shape index (κ2) is 9.60. The molecule has 1 saturated heterocycles. The van der Waals surface area contributed by atoms with E-state index < -0.39 is 0 Å². The molecule has 0 saturated carbocycles. The molecular formula is C23H21FN4OS2. The summed E-state index contributed by atoms with van der Waals surface area (Å²) in [6, 6.07) is 14.1. The maximum atomic E-state index is 13.5. The van der Waals surface area contributed by atoms with Gasteiger partial charge in [-0.15, -0.1) is 11.3 Å². The largest absolute Gasteiger partial charge is 0.339 e. The van der Waals surface area contributed by atoms with Crippen LogP contribution in [0.1, 0.15) is 5.56 Å². The van der Waals surface area contributed by atoms with E-state index in [0.717, 1.165) is 29.2 Å². The Morgan fingerprint density at radius 1 is 1.23 bits per heavy atom. The van der Waals surface area contributed by atoms with E-state index in [1.807, 2.05) is 35.5 Å². The molecule has 0 N–H and O–H groups in total. The van der Waals surface area contributed by atoms with E-state index in [9.17, 15) is 14.4 Å². The number of carbonyl (C=O) groups is 1. The predicted octanol–water partition coefficient (Wildman–Crippen LogP) is 4.35. The van der Waals surface area contributed by atoms with Gasteiger partial charge in [-0.25, -0.2) is 9.37 Å². The van der Waals surface area contributed by atoms with Crippen LogP contribution in [0.5, 0.6) is 0 Å². The van der Waals surface area contributed by atoms with Crippen molar-refractivity contribution >= 4 is 29.0 Å². The molecule has 0 radical (unpaired) electrons. The van der Waals surface area contributed by atoms with Crippen LogP contribution in [0.3, 0.4) is 0 Å². The summed E-state index contributed by atoms with van der Waals surface area (Å²) in [6.45, 7) is 3.15. The number of carbonyl (C=O) groups excluding carboxylic acids is 1. The molecule has 0 unspecified atom stereocenters. The minimum absolute atomic E-state index is 0.0497. The normalized spacial score (nSPS) is 14.4. The SMILES string of the molecule is CN1CCN(C(=O)CSc2nc(-c3cccs3)cc(-c3ccc(F)cc3)c2C#N)CC1. The molecule has 1 aliphatic heterocycles. The quantitative estimate of drug-likeness (QED) is 0.539. The first-order valence-electron chi connectivity index (χ1n) is 9.89. The van der Waals surface area contributed by atoms with Crippen LogP contribution < -0.4 is 0 Å². The lowest BCUT2D eigenvalue weighted by atomic mass is 10.0. The van der Waals surface area contributed by atoms with Gasteiger partial charge in [0.2, 0.25) is 5.91 Å². The zero-order valence-electron chi connectivity index (χ0n) is 17.0. The van der Waals surface area contributed by atoms with E-state index in [1.165, 1.54) is 23.9 Å². The van der Waals surface area contributed by atoms with Gasteiger partial charge < -0.3 is 9.80 Å². The van der Waals surface area contributed by atoms with Crippen molar-refractivity contribution in [2.24, 2.45) is 0 Å². The molecule has 0 bridgehead atoms. The van der Waals surface area contributed by atoms with Gasteiger partial charge in [-0.1, -0.05) is 30.0 Å². The Morgan fingerprint density at radius 2 is 1.97 bits per heavy atom. The van der Waals surface area contributed by atoms with Gasteiger partial charge in [0.25, 0.3) is 0 Å². The van der Waals surface area contributed by atoms with Crippen molar-refractivity contribution in [1.82, 2.24) is 14.8 Å². The molecule has 8 heteroatoms. The molecule has 3 aromatic rings. The van der Waals surface area contributed by atoms with Crippen LogP contribution in [-0.2, 0) is 4.79 Å². The molecular weight excluding hydrogens is 431 g/mol. The third-order valence-corrected chi connectivity index (χ3v) is 7.07. The van der Waals surface area contributed by atoms with Crippen LogP contribution in [0.4, 0.5) is 4.39 Å². The monoisotopic (exact) mass is 452 g/mol. The van der Waals surface area contributed by atoms with Gasteiger partial charge >= 0.3 is 0 Å². The highest BCUT2D eigenvalue weighted by molar-refractivity contribution is 8.00. The van der Waals surface area contributed by atoms with Crippen molar-refractivity contribution in [2.75, 3.05) is 39.0 Å². The lowest BCUT2D eigenvalue weighted by Crippen LogP contribution is -2.47. The second-order valence-corrected chi connectivity index (χ2v) is 9.22. The molecule has 31 heavy (non-hydrogen) atoms. The molecule has 4 rings (SSSR count). The number of thiophene rings is 1. The van der Waals surface area contributed by atoms with Crippen LogP contribution in [0.15, 0.2) is 52.9 Å². The molecule has 0 atom stereocenters. The Bertz CT molecular complexity index is 1100. The van der Waals surface area contributed by atoms with Crippen molar-refractivity contribution in [3.05, 3.63) is 59.2 Å². The number of pyridine rings is 1. The van der Waals surface area contributed by atoms with Crippen LogP contribution in [0, 0.1) is 17.1 Å². The van der Waals surface area contributed by atoms with Gasteiger partial charge in [-0.2, -0.15) is 5.26 Å². The Balaban J connectivity index is 1.66. The number of nitriles is 1. The van der Waals surface area contributed by atoms with Crippen LogP contribution in [0.25, 0.3) is 21.7 Å². The zero-order chi connectivity index (χ0) is 21.8. The van der Waals surface area contributed by atoms with Crippen LogP contribution >= 0.6 is 23.1 Å². The summed E-state index contributed by atoms with van der Waals surface area (Å²) in [7, 11) is 2.05. The number of benzene rings is 1. The molecule has 1 amide bonds. The number of hydrogen-bond donors (Lipinski definition) is 0. The molecule has 1 aliphatic rings. The minimum Gasteiger partial charge on any atom is -0.339 e. The number of hydrogen-bond acceptors (Lipinski definition) is 6. The average Bonchev–Trinajstić information content (AvgIpc) is 3.33. The lowest BCUT2D eigenvalue weighted by molar-refractivity contribution is -0.129. The van der Waals surface area contributed by atoms with Crippen molar-refractivity contribution in [1.29, 1.82) is 5.26 Å². The van der Waals surface area contributed by atoms with Gasteiger partial charge in [0.1, 0.15) is 16.9 Å². The predicted molar refractivity (Wildman–Crippen MR) is 122 cm³/mol. The minimum atomic E-state index is -0.331. The third-order valence-electron chi connectivity index (χ3n) is 5.22. The summed E-state index contributed by atoms with van der Waals surface area (Å²) >= 11 is 2.85. The maximum absolute atomic E-state index is 13.5. The number of likely N-dealkylation sites (N-methyl/N-ethyl adjacent to an activating group) is 1. The maximum Gasteiger partial charge on any atom is 0.233 e.